The molecule has 0 atom stereocenters. The Hall–Kier alpha value is -1.10. The fourth-order valence-corrected chi connectivity index (χ4v) is 4.14. The van der Waals surface area contributed by atoms with Gasteiger partial charge >= 0.3 is 0 Å². The van der Waals surface area contributed by atoms with E-state index in [4.69, 9.17) is 0 Å². The molecule has 0 aliphatic rings. The van der Waals surface area contributed by atoms with Crippen LogP contribution >= 0.6 is 27.3 Å². The highest BCUT2D eigenvalue weighted by Gasteiger charge is 2.09. The molecule has 1 aromatic carbocycles. The predicted molar refractivity (Wildman–Crippen MR) is 95.3 cm³/mol. The van der Waals surface area contributed by atoms with E-state index >= 15 is 0 Å². The fraction of sp³-hybridized carbons (Fsp3) is 0.294. The maximum Gasteiger partial charge on any atom is 0.0702 e. The monoisotopic (exact) mass is 362 g/mol. The molecule has 3 rings (SSSR count). The highest BCUT2D eigenvalue weighted by Crippen LogP contribution is 2.26. The van der Waals surface area contributed by atoms with Crippen molar-refractivity contribution in [1.82, 2.24) is 9.88 Å². The zero-order chi connectivity index (χ0) is 14.7. The lowest BCUT2D eigenvalue weighted by Gasteiger charge is -2.02. The van der Waals surface area contributed by atoms with Crippen molar-refractivity contribution in [2.45, 2.75) is 19.9 Å². The largest absolute Gasteiger partial charge is 0.342 e. The van der Waals surface area contributed by atoms with Crippen molar-refractivity contribution >= 4 is 38.2 Å². The lowest BCUT2D eigenvalue weighted by molar-refractivity contribution is 0.716. The van der Waals surface area contributed by atoms with Crippen molar-refractivity contribution in [1.29, 1.82) is 0 Å². The molecule has 2 nitrogen and oxygen atoms in total. The first-order valence-corrected chi connectivity index (χ1v) is 8.90. The van der Waals surface area contributed by atoms with Gasteiger partial charge in [0.15, 0.2) is 0 Å². The van der Waals surface area contributed by atoms with E-state index in [-0.39, 0.29) is 0 Å². The first-order valence-electron chi connectivity index (χ1n) is 7.29. The van der Waals surface area contributed by atoms with Crippen molar-refractivity contribution in [2.24, 2.45) is 0 Å². The Morgan fingerprint density at radius 2 is 2.05 bits per heavy atom. The zero-order valence-corrected chi connectivity index (χ0v) is 14.5. The van der Waals surface area contributed by atoms with Gasteiger partial charge in [0.1, 0.15) is 0 Å². The SMILES string of the molecule is CCNCCc1cn(Cc2ccc(Br)s2)c2ccccc12. The van der Waals surface area contributed by atoms with E-state index in [2.05, 4.69) is 75.3 Å². The van der Waals surface area contributed by atoms with Crippen molar-refractivity contribution in [3.63, 3.8) is 0 Å². The van der Waals surface area contributed by atoms with Crippen molar-refractivity contribution in [3.05, 3.63) is 56.8 Å². The molecule has 0 radical (unpaired) electrons. The highest BCUT2D eigenvalue weighted by molar-refractivity contribution is 9.11. The molecular weight excluding hydrogens is 344 g/mol. The summed E-state index contributed by atoms with van der Waals surface area (Å²) in [6.07, 6.45) is 3.39. The van der Waals surface area contributed by atoms with Gasteiger partial charge in [-0.05, 0) is 59.2 Å². The second-order valence-electron chi connectivity index (χ2n) is 5.11. The number of fused-ring (bicyclic) bond motifs is 1. The Balaban J connectivity index is 1.90. The molecule has 0 saturated carbocycles. The van der Waals surface area contributed by atoms with Crippen molar-refractivity contribution < 1.29 is 0 Å². The Bertz CT molecular complexity index is 729. The van der Waals surface area contributed by atoms with Crippen LogP contribution in [-0.4, -0.2) is 17.7 Å². The number of para-hydroxylation sites is 1. The Morgan fingerprint density at radius 3 is 2.81 bits per heavy atom. The van der Waals surface area contributed by atoms with E-state index in [0.29, 0.717) is 0 Å². The van der Waals surface area contributed by atoms with Gasteiger partial charge in [0.25, 0.3) is 0 Å². The van der Waals surface area contributed by atoms with Crippen LogP contribution in [0.5, 0.6) is 0 Å². The van der Waals surface area contributed by atoms with Crippen molar-refractivity contribution in [3.8, 4) is 0 Å². The summed E-state index contributed by atoms with van der Waals surface area (Å²) in [6.45, 7) is 5.16. The minimum atomic E-state index is 0.942. The average molecular weight is 363 g/mol. The summed E-state index contributed by atoms with van der Waals surface area (Å²) in [5.41, 5.74) is 2.76. The fourth-order valence-electron chi connectivity index (χ4n) is 2.66. The van der Waals surface area contributed by atoms with Gasteiger partial charge in [-0.1, -0.05) is 25.1 Å². The highest BCUT2D eigenvalue weighted by atomic mass is 79.9. The summed E-state index contributed by atoms with van der Waals surface area (Å²) >= 11 is 5.35. The smallest absolute Gasteiger partial charge is 0.0702 e. The van der Waals surface area contributed by atoms with Crippen LogP contribution in [0.25, 0.3) is 10.9 Å². The topological polar surface area (TPSA) is 17.0 Å². The van der Waals surface area contributed by atoms with Crippen molar-refractivity contribution in [2.75, 3.05) is 13.1 Å². The summed E-state index contributed by atoms with van der Waals surface area (Å²) in [5, 5.41) is 4.79. The second-order valence-corrected chi connectivity index (χ2v) is 7.66. The molecule has 2 aromatic heterocycles. The molecule has 4 heteroatoms. The summed E-state index contributed by atoms with van der Waals surface area (Å²) in [6, 6.07) is 13.0. The number of thiophene rings is 1. The van der Waals surface area contributed by atoms with E-state index < -0.39 is 0 Å². The normalized spacial score (nSPS) is 11.3. The lowest BCUT2D eigenvalue weighted by Crippen LogP contribution is -2.15. The molecule has 0 bridgehead atoms. The third-order valence-electron chi connectivity index (χ3n) is 3.65. The van der Waals surface area contributed by atoms with Gasteiger partial charge in [-0.15, -0.1) is 11.3 Å². The van der Waals surface area contributed by atoms with Crippen LogP contribution in [-0.2, 0) is 13.0 Å². The van der Waals surface area contributed by atoms with Gasteiger partial charge in [-0.3, -0.25) is 0 Å². The van der Waals surface area contributed by atoms with Crippen LogP contribution in [0.4, 0.5) is 0 Å². The number of aromatic nitrogens is 1. The molecule has 0 fully saturated rings. The molecule has 0 spiro atoms. The Labute approximate surface area is 137 Å². The first kappa shape index (κ1) is 14.8. The van der Waals surface area contributed by atoms with Crippen LogP contribution in [0.15, 0.2) is 46.4 Å². The van der Waals surface area contributed by atoms with Gasteiger partial charge in [-0.2, -0.15) is 0 Å². The number of nitrogens with one attached hydrogen (secondary N) is 1. The molecule has 21 heavy (non-hydrogen) atoms. The second kappa shape index (κ2) is 6.77. The molecule has 1 N–H and O–H groups in total. The summed E-state index contributed by atoms with van der Waals surface area (Å²) < 4.78 is 3.57. The van der Waals surface area contributed by atoms with Crippen LogP contribution in [0, 0.1) is 0 Å². The number of nitrogens with zero attached hydrogens (tertiary/aromatic N) is 1. The number of hydrogen-bond acceptors (Lipinski definition) is 2. The number of likely N-dealkylation sites (N-methyl/N-ethyl adjacent to an activating group) is 1. The molecule has 2 heterocycles. The van der Waals surface area contributed by atoms with Gasteiger partial charge in [-0.25, -0.2) is 0 Å². The quantitative estimate of drug-likeness (QED) is 0.630. The van der Waals surface area contributed by atoms with E-state index in [0.717, 1.165) is 26.1 Å². The standard InChI is InChI=1S/C17H19BrN2S/c1-2-19-10-9-13-11-20(12-14-7-8-17(18)21-14)16-6-4-3-5-15(13)16/h3-8,11,19H,2,9-10,12H2,1H3. The minimum absolute atomic E-state index is 0.942. The average Bonchev–Trinajstić information content (AvgIpc) is 3.05. The number of rotatable bonds is 6. The van der Waals surface area contributed by atoms with E-state index in [1.54, 1.807) is 11.3 Å². The maximum absolute atomic E-state index is 3.54. The molecular formula is C17H19BrN2S. The summed E-state index contributed by atoms with van der Waals surface area (Å²) in [5.74, 6) is 0. The van der Waals surface area contributed by atoms with Crippen LogP contribution < -0.4 is 5.32 Å². The van der Waals surface area contributed by atoms with Crippen LogP contribution in [0.3, 0.4) is 0 Å². The molecule has 0 aliphatic carbocycles. The Morgan fingerprint density at radius 1 is 1.19 bits per heavy atom. The maximum atomic E-state index is 3.54. The Kier molecular flexibility index (Phi) is 4.78. The van der Waals surface area contributed by atoms with Gasteiger partial charge < -0.3 is 9.88 Å². The van der Waals surface area contributed by atoms with Crippen LogP contribution in [0.2, 0.25) is 0 Å². The summed E-state index contributed by atoms with van der Waals surface area (Å²) in [4.78, 5) is 1.38. The number of hydrogen-bond donors (Lipinski definition) is 1. The number of halogens is 1. The van der Waals surface area contributed by atoms with Gasteiger partial charge in [0.05, 0.1) is 10.3 Å². The first-order chi connectivity index (χ1) is 10.3. The van der Waals surface area contributed by atoms with Gasteiger partial charge in [0, 0.05) is 22.0 Å². The van der Waals surface area contributed by atoms with E-state index in [9.17, 15) is 0 Å². The minimum Gasteiger partial charge on any atom is -0.342 e. The summed E-state index contributed by atoms with van der Waals surface area (Å²) in [7, 11) is 0. The van der Waals surface area contributed by atoms with E-state index in [1.807, 2.05) is 0 Å². The number of benzene rings is 1. The van der Waals surface area contributed by atoms with Gasteiger partial charge in [0.2, 0.25) is 0 Å². The molecule has 110 valence electrons. The van der Waals surface area contributed by atoms with Crippen LogP contribution in [0.1, 0.15) is 17.4 Å². The third kappa shape index (κ3) is 3.39. The zero-order valence-electron chi connectivity index (χ0n) is 12.1. The molecule has 0 saturated heterocycles. The lowest BCUT2D eigenvalue weighted by atomic mass is 10.1. The third-order valence-corrected chi connectivity index (χ3v) is 5.26. The molecule has 3 aromatic rings. The molecule has 0 amide bonds. The predicted octanol–water partition coefficient (Wildman–Crippen LogP) is 4.67. The molecule has 0 aliphatic heterocycles. The van der Waals surface area contributed by atoms with E-state index in [1.165, 1.54) is 25.1 Å². The molecule has 0 unspecified atom stereocenters.